The molecule has 0 aromatic heterocycles. The van der Waals surface area contributed by atoms with Crippen molar-refractivity contribution in [3.05, 3.63) is 11.6 Å². The first-order chi connectivity index (χ1) is 23.0. The summed E-state index contributed by atoms with van der Waals surface area (Å²) in [6, 6.07) is -0.230. The molecule has 0 aliphatic heterocycles. The molecule has 4 aliphatic carbocycles. The quantitative estimate of drug-likeness (QED) is 0.0685. The molecule has 10 atom stereocenters. The average molecular weight is 671 g/mol. The Morgan fingerprint density at radius 1 is 0.938 bits per heavy atom. The van der Waals surface area contributed by atoms with Crippen molar-refractivity contribution in [3.8, 4) is 0 Å². The largest absolute Gasteiger partial charge is 0.461 e. The van der Waals surface area contributed by atoms with E-state index in [1.165, 1.54) is 51.4 Å². The standard InChI is InChI=1S/C42H78N4O2/c1-8-33(30(2)3)14-13-31(4)37-17-18-38-36-16-15-34-29-35(19-21-41(34,6)39(36)20-22-42(37,38)7)48-40(47)32(5)46(28-12-24-44)27-10-9-25-45-26-11-23-43/h15,30-33,35-39,45H,8-14,16-29,43-44H2,1-7H3/t31-,32+,33-,35+,36+,37-,38+,39+,41+,42-/m1/s1. The van der Waals surface area contributed by atoms with Gasteiger partial charge in [-0.15, -0.1) is 0 Å². The minimum atomic E-state index is -0.230. The Hall–Kier alpha value is -0.950. The van der Waals surface area contributed by atoms with E-state index in [2.05, 4.69) is 57.8 Å². The Balaban J connectivity index is 1.32. The molecule has 0 bridgehead atoms. The van der Waals surface area contributed by atoms with Crippen LogP contribution in [0.2, 0.25) is 0 Å². The molecule has 0 amide bonds. The van der Waals surface area contributed by atoms with E-state index in [4.69, 9.17) is 16.2 Å². The Morgan fingerprint density at radius 3 is 2.38 bits per heavy atom. The van der Waals surface area contributed by atoms with Crippen LogP contribution in [-0.2, 0) is 9.53 Å². The van der Waals surface area contributed by atoms with Crippen LogP contribution < -0.4 is 16.8 Å². The summed E-state index contributed by atoms with van der Waals surface area (Å²) in [6.07, 6.45) is 20.9. The third kappa shape index (κ3) is 9.28. The number of nitrogens with two attached hydrogens (primary N) is 2. The topological polar surface area (TPSA) is 93.6 Å². The Labute approximate surface area is 296 Å². The van der Waals surface area contributed by atoms with Crippen molar-refractivity contribution in [2.75, 3.05) is 39.3 Å². The van der Waals surface area contributed by atoms with Gasteiger partial charge in [0.25, 0.3) is 0 Å². The van der Waals surface area contributed by atoms with E-state index in [-0.39, 0.29) is 23.5 Å². The maximum Gasteiger partial charge on any atom is 0.323 e. The van der Waals surface area contributed by atoms with Crippen LogP contribution in [0.1, 0.15) is 145 Å². The number of allylic oxidation sites excluding steroid dienone is 1. The lowest BCUT2D eigenvalue weighted by atomic mass is 9.47. The number of nitrogens with zero attached hydrogens (tertiary/aromatic N) is 1. The molecule has 48 heavy (non-hydrogen) atoms. The zero-order valence-corrected chi connectivity index (χ0v) is 32.5. The minimum Gasteiger partial charge on any atom is -0.461 e. The van der Waals surface area contributed by atoms with Gasteiger partial charge in [0.2, 0.25) is 0 Å². The van der Waals surface area contributed by atoms with Crippen molar-refractivity contribution in [2.24, 2.45) is 63.7 Å². The highest BCUT2D eigenvalue weighted by Gasteiger charge is 2.59. The van der Waals surface area contributed by atoms with Crippen LogP contribution in [0.15, 0.2) is 11.6 Å². The van der Waals surface area contributed by atoms with Crippen LogP contribution in [0.3, 0.4) is 0 Å². The lowest BCUT2D eigenvalue weighted by Gasteiger charge is -2.58. The van der Waals surface area contributed by atoms with Crippen LogP contribution in [0.5, 0.6) is 0 Å². The number of carbonyl (C=O) groups is 1. The molecule has 278 valence electrons. The van der Waals surface area contributed by atoms with E-state index >= 15 is 0 Å². The average Bonchev–Trinajstić information content (AvgIpc) is 3.43. The van der Waals surface area contributed by atoms with Crippen molar-refractivity contribution in [1.82, 2.24) is 10.2 Å². The van der Waals surface area contributed by atoms with Gasteiger partial charge in [-0.1, -0.05) is 66.0 Å². The SMILES string of the molecule is CC[C@H](CC[C@@H](C)[C@H]1CC[C@H]2[C@@H]3CC=C4C[C@@H](OC(=O)[C@H](C)N(CCCN)CCCCNCCCN)CC[C@]4(C)[C@H]3CC[C@]12C)C(C)C. The predicted molar refractivity (Wildman–Crippen MR) is 203 cm³/mol. The summed E-state index contributed by atoms with van der Waals surface area (Å²) >= 11 is 0. The fourth-order valence-electron chi connectivity index (χ4n) is 11.5. The maximum atomic E-state index is 13.5. The lowest BCUT2D eigenvalue weighted by molar-refractivity contribution is -0.157. The Kier molecular flexibility index (Phi) is 15.4. The molecule has 3 fully saturated rings. The lowest BCUT2D eigenvalue weighted by Crippen LogP contribution is -2.51. The maximum absolute atomic E-state index is 13.5. The van der Waals surface area contributed by atoms with Crippen molar-refractivity contribution in [1.29, 1.82) is 0 Å². The molecule has 0 radical (unpaired) electrons. The fraction of sp³-hybridized carbons (Fsp3) is 0.929. The van der Waals surface area contributed by atoms with E-state index < -0.39 is 0 Å². The second-order valence-electron chi connectivity index (χ2n) is 17.7. The van der Waals surface area contributed by atoms with Gasteiger partial charge in [-0.05, 0) is 169 Å². The zero-order chi connectivity index (χ0) is 34.9. The van der Waals surface area contributed by atoms with E-state index in [0.717, 1.165) is 119 Å². The molecular weight excluding hydrogens is 592 g/mol. The minimum absolute atomic E-state index is 0.0160. The summed E-state index contributed by atoms with van der Waals surface area (Å²) in [6.45, 7) is 22.3. The van der Waals surface area contributed by atoms with E-state index in [1.54, 1.807) is 5.57 Å². The van der Waals surface area contributed by atoms with Crippen LogP contribution in [0.25, 0.3) is 0 Å². The van der Waals surface area contributed by atoms with E-state index in [0.29, 0.717) is 12.0 Å². The number of unbranched alkanes of at least 4 members (excludes halogenated alkanes) is 1. The molecule has 0 aromatic rings. The van der Waals surface area contributed by atoms with Gasteiger partial charge in [0.1, 0.15) is 12.1 Å². The van der Waals surface area contributed by atoms with Gasteiger partial charge in [-0.3, -0.25) is 9.69 Å². The summed E-state index contributed by atoms with van der Waals surface area (Å²) < 4.78 is 6.33. The van der Waals surface area contributed by atoms with Gasteiger partial charge in [0, 0.05) is 13.0 Å². The summed E-state index contributed by atoms with van der Waals surface area (Å²) in [7, 11) is 0. The third-order valence-corrected chi connectivity index (χ3v) is 14.7. The highest BCUT2D eigenvalue weighted by atomic mass is 16.5. The Morgan fingerprint density at radius 2 is 1.67 bits per heavy atom. The summed E-state index contributed by atoms with van der Waals surface area (Å²) in [5, 5.41) is 3.47. The molecular formula is C42H78N4O2. The van der Waals surface area contributed by atoms with Crippen molar-refractivity contribution in [2.45, 2.75) is 157 Å². The normalized spacial score (nSPS) is 33.5. The first kappa shape index (κ1) is 39.8. The number of hydrogen-bond acceptors (Lipinski definition) is 6. The van der Waals surface area contributed by atoms with Gasteiger partial charge in [0.05, 0.1) is 0 Å². The molecule has 6 heteroatoms. The van der Waals surface area contributed by atoms with Gasteiger partial charge in [-0.2, -0.15) is 0 Å². The molecule has 0 spiro atoms. The molecule has 4 rings (SSSR count). The van der Waals surface area contributed by atoms with Gasteiger partial charge in [-0.25, -0.2) is 0 Å². The number of carbonyl (C=O) groups excluding carboxylic acids is 1. The zero-order valence-electron chi connectivity index (χ0n) is 32.5. The molecule has 0 unspecified atom stereocenters. The van der Waals surface area contributed by atoms with Crippen LogP contribution in [0.4, 0.5) is 0 Å². The summed E-state index contributed by atoms with van der Waals surface area (Å²) in [4.78, 5) is 15.8. The van der Waals surface area contributed by atoms with Crippen LogP contribution in [0, 0.1) is 52.3 Å². The van der Waals surface area contributed by atoms with E-state index in [9.17, 15) is 4.79 Å². The highest BCUT2D eigenvalue weighted by molar-refractivity contribution is 5.75. The highest BCUT2D eigenvalue weighted by Crippen LogP contribution is 2.67. The molecule has 4 aliphatic rings. The number of rotatable bonds is 20. The van der Waals surface area contributed by atoms with Gasteiger partial charge < -0.3 is 21.5 Å². The molecule has 6 nitrogen and oxygen atoms in total. The van der Waals surface area contributed by atoms with Crippen molar-refractivity contribution >= 4 is 5.97 Å². The smallest absolute Gasteiger partial charge is 0.323 e. The van der Waals surface area contributed by atoms with Crippen molar-refractivity contribution < 1.29 is 9.53 Å². The monoisotopic (exact) mass is 671 g/mol. The molecule has 5 N–H and O–H groups in total. The summed E-state index contributed by atoms with van der Waals surface area (Å²) in [5.74, 6) is 5.88. The second kappa shape index (κ2) is 18.5. The number of hydrogen-bond donors (Lipinski definition) is 3. The number of nitrogens with one attached hydrogen (secondary N) is 1. The number of esters is 1. The van der Waals surface area contributed by atoms with Crippen LogP contribution >= 0.6 is 0 Å². The fourth-order valence-corrected chi connectivity index (χ4v) is 11.5. The van der Waals surface area contributed by atoms with Gasteiger partial charge >= 0.3 is 5.97 Å². The molecule has 0 saturated heterocycles. The van der Waals surface area contributed by atoms with Crippen molar-refractivity contribution in [3.63, 3.8) is 0 Å². The summed E-state index contributed by atoms with van der Waals surface area (Å²) in [5.41, 5.74) is 13.9. The van der Waals surface area contributed by atoms with E-state index in [1.807, 2.05) is 6.92 Å². The molecule has 3 saturated carbocycles. The van der Waals surface area contributed by atoms with Gasteiger partial charge in [0.15, 0.2) is 0 Å². The number of fused-ring (bicyclic) bond motifs is 5. The Bertz CT molecular complexity index is 1020. The first-order valence-corrected chi connectivity index (χ1v) is 20.7. The number of ether oxygens (including phenoxy) is 1. The van der Waals surface area contributed by atoms with Crippen LogP contribution in [-0.4, -0.2) is 62.3 Å². The first-order valence-electron chi connectivity index (χ1n) is 20.7. The second-order valence-corrected chi connectivity index (χ2v) is 17.7. The molecule has 0 heterocycles. The third-order valence-electron chi connectivity index (χ3n) is 14.7. The predicted octanol–water partition coefficient (Wildman–Crippen LogP) is 8.33. The molecule has 0 aromatic carbocycles.